The highest BCUT2D eigenvalue weighted by molar-refractivity contribution is 7.20. The van der Waals surface area contributed by atoms with E-state index in [0.29, 0.717) is 17.3 Å². The largest absolute Gasteiger partial charge is 0.492 e. The molecular weight excluding hydrogens is 350 g/mol. The van der Waals surface area contributed by atoms with E-state index in [9.17, 15) is 4.79 Å². The fourth-order valence-corrected chi connectivity index (χ4v) is 3.64. The van der Waals surface area contributed by atoms with Gasteiger partial charge in [-0.05, 0) is 45.4 Å². The molecule has 0 aliphatic rings. The van der Waals surface area contributed by atoms with Gasteiger partial charge in [-0.25, -0.2) is 14.8 Å². The van der Waals surface area contributed by atoms with Gasteiger partial charge in [-0.2, -0.15) is 0 Å². The minimum absolute atomic E-state index is 0.172. The van der Waals surface area contributed by atoms with E-state index in [2.05, 4.69) is 15.3 Å². The van der Waals surface area contributed by atoms with Gasteiger partial charge in [0.2, 0.25) is 0 Å². The number of nitrogens with one attached hydrogen (secondary N) is 1. The molecule has 2 aromatic heterocycles. The lowest BCUT2D eigenvalue weighted by Gasteiger charge is -2.12. The van der Waals surface area contributed by atoms with E-state index in [1.807, 2.05) is 52.0 Å². The van der Waals surface area contributed by atoms with Crippen LogP contribution in [0.2, 0.25) is 0 Å². The predicted octanol–water partition coefficient (Wildman–Crippen LogP) is 4.71. The fraction of sp³-hybridized carbons (Fsp3) is 0.316. The molecule has 1 N–H and O–H groups in total. The van der Waals surface area contributed by atoms with Crippen LogP contribution in [0.1, 0.15) is 36.0 Å². The SMILES string of the molecule is CCOc1ccccc1Nc1ncnc2sc(C(=O)OC(C)C)c(C)c12. The Bertz CT molecular complexity index is 937. The summed E-state index contributed by atoms with van der Waals surface area (Å²) in [5.41, 5.74) is 1.62. The van der Waals surface area contributed by atoms with Crippen molar-refractivity contribution < 1.29 is 14.3 Å². The third kappa shape index (κ3) is 3.62. The van der Waals surface area contributed by atoms with Crippen LogP contribution in [-0.4, -0.2) is 28.6 Å². The zero-order valence-corrected chi connectivity index (χ0v) is 16.0. The minimum atomic E-state index is -0.332. The molecule has 3 aromatic rings. The van der Waals surface area contributed by atoms with Gasteiger partial charge < -0.3 is 14.8 Å². The van der Waals surface area contributed by atoms with E-state index in [-0.39, 0.29) is 12.1 Å². The molecule has 2 heterocycles. The van der Waals surface area contributed by atoms with Crippen LogP contribution in [0.15, 0.2) is 30.6 Å². The van der Waals surface area contributed by atoms with E-state index in [0.717, 1.165) is 27.2 Å². The number of nitrogens with zero attached hydrogens (tertiary/aromatic N) is 2. The first-order valence-electron chi connectivity index (χ1n) is 8.45. The second-order valence-corrected chi connectivity index (χ2v) is 6.97. The van der Waals surface area contributed by atoms with Crippen LogP contribution in [0, 0.1) is 6.92 Å². The van der Waals surface area contributed by atoms with Gasteiger partial charge in [0.15, 0.2) is 0 Å². The second-order valence-electron chi connectivity index (χ2n) is 5.97. The van der Waals surface area contributed by atoms with Crippen LogP contribution < -0.4 is 10.1 Å². The second kappa shape index (κ2) is 7.70. The Kier molecular flexibility index (Phi) is 5.37. The van der Waals surface area contributed by atoms with Crippen molar-refractivity contribution in [1.82, 2.24) is 9.97 Å². The molecule has 0 amide bonds. The zero-order valence-electron chi connectivity index (χ0n) is 15.2. The number of anilines is 2. The number of thiophene rings is 1. The summed E-state index contributed by atoms with van der Waals surface area (Å²) in [6.07, 6.45) is 1.32. The Balaban J connectivity index is 2.03. The van der Waals surface area contributed by atoms with Crippen LogP contribution in [0.3, 0.4) is 0 Å². The van der Waals surface area contributed by atoms with E-state index < -0.39 is 0 Å². The first kappa shape index (κ1) is 18.1. The Morgan fingerprint density at radius 2 is 2.04 bits per heavy atom. The number of aromatic nitrogens is 2. The fourth-order valence-electron chi connectivity index (χ4n) is 2.61. The number of rotatable bonds is 6. The zero-order chi connectivity index (χ0) is 18.7. The highest BCUT2D eigenvalue weighted by Gasteiger charge is 2.21. The van der Waals surface area contributed by atoms with Crippen molar-refractivity contribution in [2.75, 3.05) is 11.9 Å². The van der Waals surface area contributed by atoms with Gasteiger partial charge in [0, 0.05) is 0 Å². The average molecular weight is 371 g/mol. The number of fused-ring (bicyclic) bond motifs is 1. The monoisotopic (exact) mass is 371 g/mol. The molecule has 136 valence electrons. The third-order valence-electron chi connectivity index (χ3n) is 3.69. The standard InChI is InChI=1S/C19H21N3O3S/c1-5-24-14-9-7-6-8-13(14)22-17-15-12(4)16(19(23)25-11(2)3)26-18(15)21-10-20-17/h6-11H,5H2,1-4H3,(H,20,21,22). The molecule has 0 unspecified atom stereocenters. The molecule has 0 aliphatic heterocycles. The van der Waals surface area contributed by atoms with E-state index >= 15 is 0 Å². The number of hydrogen-bond donors (Lipinski definition) is 1. The van der Waals surface area contributed by atoms with Crippen LogP contribution in [0.4, 0.5) is 11.5 Å². The highest BCUT2D eigenvalue weighted by Crippen LogP contribution is 2.36. The van der Waals surface area contributed by atoms with Crippen molar-refractivity contribution in [1.29, 1.82) is 0 Å². The van der Waals surface area contributed by atoms with Gasteiger partial charge in [0.25, 0.3) is 0 Å². The molecule has 0 fully saturated rings. The summed E-state index contributed by atoms with van der Waals surface area (Å²) in [7, 11) is 0. The lowest BCUT2D eigenvalue weighted by molar-refractivity contribution is 0.0383. The topological polar surface area (TPSA) is 73.3 Å². The highest BCUT2D eigenvalue weighted by atomic mass is 32.1. The number of carbonyl (C=O) groups is 1. The van der Waals surface area contributed by atoms with Crippen molar-refractivity contribution in [2.45, 2.75) is 33.8 Å². The minimum Gasteiger partial charge on any atom is -0.492 e. The van der Waals surface area contributed by atoms with Crippen molar-refractivity contribution in [2.24, 2.45) is 0 Å². The van der Waals surface area contributed by atoms with Crippen LogP contribution in [-0.2, 0) is 4.74 Å². The maximum Gasteiger partial charge on any atom is 0.348 e. The van der Waals surface area contributed by atoms with Crippen LogP contribution in [0.5, 0.6) is 5.75 Å². The summed E-state index contributed by atoms with van der Waals surface area (Å²) in [6.45, 7) is 8.06. The number of aryl methyl sites for hydroxylation is 1. The van der Waals surface area contributed by atoms with Gasteiger partial charge in [0.05, 0.1) is 23.8 Å². The van der Waals surface area contributed by atoms with E-state index in [4.69, 9.17) is 9.47 Å². The normalized spacial score (nSPS) is 11.0. The van der Waals surface area contributed by atoms with Crippen LogP contribution in [0.25, 0.3) is 10.2 Å². The number of carbonyl (C=O) groups excluding carboxylic acids is 1. The van der Waals surface area contributed by atoms with Gasteiger partial charge in [-0.1, -0.05) is 12.1 Å². The lowest BCUT2D eigenvalue weighted by atomic mass is 10.2. The van der Waals surface area contributed by atoms with Crippen molar-refractivity contribution in [3.05, 3.63) is 41.0 Å². The van der Waals surface area contributed by atoms with Crippen molar-refractivity contribution >= 4 is 39.0 Å². The summed E-state index contributed by atoms with van der Waals surface area (Å²) in [5.74, 6) is 1.05. The van der Waals surface area contributed by atoms with E-state index in [1.54, 1.807) is 0 Å². The summed E-state index contributed by atoms with van der Waals surface area (Å²) < 4.78 is 11.0. The third-order valence-corrected chi connectivity index (χ3v) is 4.87. The smallest absolute Gasteiger partial charge is 0.348 e. The molecule has 0 bridgehead atoms. The van der Waals surface area contributed by atoms with Gasteiger partial charge >= 0.3 is 5.97 Å². The molecule has 0 radical (unpaired) electrons. The Morgan fingerprint density at radius 3 is 2.77 bits per heavy atom. The molecule has 26 heavy (non-hydrogen) atoms. The number of hydrogen-bond acceptors (Lipinski definition) is 7. The quantitative estimate of drug-likeness (QED) is 0.633. The number of para-hydroxylation sites is 2. The Labute approximate surface area is 156 Å². The van der Waals surface area contributed by atoms with E-state index in [1.165, 1.54) is 17.7 Å². The van der Waals surface area contributed by atoms with Gasteiger partial charge in [-0.3, -0.25) is 0 Å². The Morgan fingerprint density at radius 1 is 1.27 bits per heavy atom. The average Bonchev–Trinajstić information content (AvgIpc) is 2.94. The summed E-state index contributed by atoms with van der Waals surface area (Å²) in [4.78, 5) is 22.3. The Hall–Kier alpha value is -2.67. The summed E-state index contributed by atoms with van der Waals surface area (Å²) in [6, 6.07) is 7.67. The molecule has 6 nitrogen and oxygen atoms in total. The first-order chi connectivity index (χ1) is 12.5. The van der Waals surface area contributed by atoms with Crippen LogP contribution >= 0.6 is 11.3 Å². The predicted molar refractivity (Wildman–Crippen MR) is 104 cm³/mol. The first-order valence-corrected chi connectivity index (χ1v) is 9.26. The van der Waals surface area contributed by atoms with Crippen molar-refractivity contribution in [3.63, 3.8) is 0 Å². The summed E-state index contributed by atoms with van der Waals surface area (Å²) >= 11 is 1.32. The number of esters is 1. The molecule has 1 aromatic carbocycles. The molecule has 0 saturated heterocycles. The molecule has 7 heteroatoms. The molecule has 0 atom stereocenters. The number of ether oxygens (including phenoxy) is 2. The van der Waals surface area contributed by atoms with Gasteiger partial charge in [0.1, 0.15) is 27.6 Å². The summed E-state index contributed by atoms with van der Waals surface area (Å²) in [5, 5.41) is 4.13. The maximum absolute atomic E-state index is 12.4. The molecule has 0 spiro atoms. The van der Waals surface area contributed by atoms with Crippen molar-refractivity contribution in [3.8, 4) is 5.75 Å². The van der Waals surface area contributed by atoms with Gasteiger partial charge in [-0.15, -0.1) is 11.3 Å². The number of benzene rings is 1. The molecule has 0 saturated carbocycles. The maximum atomic E-state index is 12.4. The molecule has 3 rings (SSSR count). The lowest BCUT2D eigenvalue weighted by Crippen LogP contribution is -2.11. The molecule has 0 aliphatic carbocycles. The molecular formula is C19H21N3O3S.